The number of imidazole rings is 1. The first kappa shape index (κ1) is 26.7. The second kappa shape index (κ2) is 13.9. The molecule has 0 aliphatic carbocycles. The second-order valence-electron chi connectivity index (χ2n) is 6.76. The number of guanidine groups is 1. The summed E-state index contributed by atoms with van der Waals surface area (Å²) >= 11 is 3.85. The number of carbonyl (C=O) groups is 4. The van der Waals surface area contributed by atoms with Crippen molar-refractivity contribution in [1.82, 2.24) is 25.9 Å². The first-order chi connectivity index (χ1) is 15.1. The molecule has 0 bridgehead atoms. The maximum absolute atomic E-state index is 12.6. The van der Waals surface area contributed by atoms with E-state index in [1.54, 1.807) is 0 Å². The van der Waals surface area contributed by atoms with Gasteiger partial charge >= 0.3 is 5.97 Å². The van der Waals surface area contributed by atoms with Crippen LogP contribution in [0.25, 0.3) is 0 Å². The van der Waals surface area contributed by atoms with E-state index >= 15 is 0 Å². The summed E-state index contributed by atoms with van der Waals surface area (Å²) in [6.07, 6.45) is 3.70. The SMILES string of the molecule is NC(N)=NCCCC(N)C(=O)NC(Cc1cnc[nH]1)C(=O)NCC(=O)NC(CS)C(=O)O. The minimum absolute atomic E-state index is 0.0626. The van der Waals surface area contributed by atoms with Crippen LogP contribution >= 0.6 is 12.6 Å². The number of H-pyrrole nitrogens is 1. The predicted molar refractivity (Wildman–Crippen MR) is 119 cm³/mol. The van der Waals surface area contributed by atoms with Gasteiger partial charge < -0.3 is 43.2 Å². The van der Waals surface area contributed by atoms with E-state index in [1.165, 1.54) is 12.5 Å². The molecule has 0 aliphatic heterocycles. The Kier molecular flexibility index (Phi) is 11.6. The highest BCUT2D eigenvalue weighted by Crippen LogP contribution is 2.02. The Morgan fingerprint density at radius 1 is 1.19 bits per heavy atom. The molecule has 0 saturated heterocycles. The van der Waals surface area contributed by atoms with Gasteiger partial charge in [0.1, 0.15) is 12.1 Å². The number of carbonyl (C=O) groups excluding carboxylic acids is 3. The van der Waals surface area contributed by atoms with Gasteiger partial charge in [-0.1, -0.05) is 0 Å². The Balaban J connectivity index is 2.67. The number of carboxylic acids is 1. The number of hydrogen-bond donors (Lipinski definition) is 9. The Hall–Kier alpha value is -3.33. The first-order valence-corrected chi connectivity index (χ1v) is 10.3. The molecule has 3 amide bonds. The van der Waals surface area contributed by atoms with Crippen LogP contribution < -0.4 is 33.2 Å². The molecule has 1 rings (SSSR count). The summed E-state index contributed by atoms with van der Waals surface area (Å²) in [6.45, 7) is -0.184. The molecule has 1 aromatic rings. The third-order valence-corrected chi connectivity index (χ3v) is 4.52. The Labute approximate surface area is 189 Å². The number of nitrogens with zero attached hydrogens (tertiary/aromatic N) is 2. The lowest BCUT2D eigenvalue weighted by molar-refractivity contribution is -0.141. The van der Waals surface area contributed by atoms with Crippen molar-refractivity contribution in [1.29, 1.82) is 0 Å². The van der Waals surface area contributed by atoms with Crippen LogP contribution in [0.3, 0.4) is 0 Å². The van der Waals surface area contributed by atoms with E-state index in [4.69, 9.17) is 22.3 Å². The van der Waals surface area contributed by atoms with Gasteiger partial charge in [-0.3, -0.25) is 19.4 Å². The molecule has 15 heteroatoms. The summed E-state index contributed by atoms with van der Waals surface area (Å²) in [7, 11) is 0. The van der Waals surface area contributed by atoms with Crippen molar-refractivity contribution in [2.45, 2.75) is 37.4 Å². The highest BCUT2D eigenvalue weighted by molar-refractivity contribution is 7.80. The van der Waals surface area contributed by atoms with E-state index in [0.717, 1.165) is 0 Å². The first-order valence-electron chi connectivity index (χ1n) is 9.63. The molecule has 0 saturated carbocycles. The molecular weight excluding hydrogens is 442 g/mol. The number of amides is 3. The van der Waals surface area contributed by atoms with E-state index in [-0.39, 0.29) is 24.6 Å². The zero-order valence-corrected chi connectivity index (χ0v) is 18.2. The van der Waals surface area contributed by atoms with Crippen LogP contribution in [0.2, 0.25) is 0 Å². The van der Waals surface area contributed by atoms with Crippen molar-refractivity contribution in [2.75, 3.05) is 18.8 Å². The fraction of sp³-hybridized carbons (Fsp3) is 0.529. The van der Waals surface area contributed by atoms with Gasteiger partial charge in [0.2, 0.25) is 17.7 Å². The Morgan fingerprint density at radius 3 is 2.47 bits per heavy atom. The zero-order valence-electron chi connectivity index (χ0n) is 17.3. The molecule has 0 aliphatic rings. The summed E-state index contributed by atoms with van der Waals surface area (Å²) in [6, 6.07) is -3.16. The topological polar surface area (TPSA) is 244 Å². The van der Waals surface area contributed by atoms with Crippen molar-refractivity contribution in [2.24, 2.45) is 22.2 Å². The van der Waals surface area contributed by atoms with Crippen molar-refractivity contribution in [3.8, 4) is 0 Å². The molecule has 1 aromatic heterocycles. The van der Waals surface area contributed by atoms with E-state index in [2.05, 4.69) is 43.5 Å². The number of thiol groups is 1. The van der Waals surface area contributed by atoms with Crippen molar-refractivity contribution >= 4 is 42.3 Å². The molecule has 11 N–H and O–H groups in total. The maximum Gasteiger partial charge on any atom is 0.327 e. The van der Waals surface area contributed by atoms with Gasteiger partial charge in [-0.25, -0.2) is 9.78 Å². The largest absolute Gasteiger partial charge is 0.480 e. The number of nitrogens with one attached hydrogen (secondary N) is 4. The average Bonchev–Trinajstić information content (AvgIpc) is 3.25. The van der Waals surface area contributed by atoms with Crippen LogP contribution in [0.5, 0.6) is 0 Å². The molecule has 1 heterocycles. The fourth-order valence-electron chi connectivity index (χ4n) is 2.48. The number of aliphatic imine (C=N–C) groups is 1. The maximum atomic E-state index is 12.6. The van der Waals surface area contributed by atoms with Crippen molar-refractivity contribution in [3.05, 3.63) is 18.2 Å². The molecule has 14 nitrogen and oxygen atoms in total. The fourth-order valence-corrected chi connectivity index (χ4v) is 2.72. The highest BCUT2D eigenvalue weighted by atomic mass is 32.1. The quantitative estimate of drug-likeness (QED) is 0.0563. The summed E-state index contributed by atoms with van der Waals surface area (Å²) in [5.41, 5.74) is 16.9. The molecule has 0 aromatic carbocycles. The average molecular weight is 472 g/mol. The lowest BCUT2D eigenvalue weighted by Crippen LogP contribution is -2.54. The van der Waals surface area contributed by atoms with E-state index in [0.29, 0.717) is 18.7 Å². The normalized spacial score (nSPS) is 13.3. The van der Waals surface area contributed by atoms with Gasteiger partial charge in [-0.05, 0) is 12.8 Å². The molecule has 32 heavy (non-hydrogen) atoms. The van der Waals surface area contributed by atoms with Crippen LogP contribution in [-0.2, 0) is 25.6 Å². The van der Waals surface area contributed by atoms with E-state index in [9.17, 15) is 19.2 Å². The summed E-state index contributed by atoms with van der Waals surface area (Å²) in [5, 5.41) is 16.1. The van der Waals surface area contributed by atoms with Crippen molar-refractivity contribution in [3.63, 3.8) is 0 Å². The summed E-state index contributed by atoms with van der Waals surface area (Å²) in [5.74, 6) is -3.38. The van der Waals surface area contributed by atoms with Crippen LogP contribution in [0.1, 0.15) is 18.5 Å². The summed E-state index contributed by atoms with van der Waals surface area (Å²) in [4.78, 5) is 58.4. The minimum atomic E-state index is -1.25. The monoisotopic (exact) mass is 471 g/mol. The third kappa shape index (κ3) is 10.1. The number of hydrogen-bond acceptors (Lipinski definition) is 8. The van der Waals surface area contributed by atoms with E-state index in [1.807, 2.05) is 0 Å². The van der Waals surface area contributed by atoms with Gasteiger partial charge in [0, 0.05) is 30.6 Å². The minimum Gasteiger partial charge on any atom is -0.480 e. The van der Waals surface area contributed by atoms with Gasteiger partial charge in [0.15, 0.2) is 5.96 Å². The smallest absolute Gasteiger partial charge is 0.327 e. The van der Waals surface area contributed by atoms with Gasteiger partial charge in [0.05, 0.1) is 18.9 Å². The molecular formula is C17H29N9O5S. The van der Waals surface area contributed by atoms with Crippen LogP contribution in [-0.4, -0.2) is 81.7 Å². The van der Waals surface area contributed by atoms with Crippen LogP contribution in [0.15, 0.2) is 17.5 Å². The van der Waals surface area contributed by atoms with Crippen LogP contribution in [0.4, 0.5) is 0 Å². The number of aromatic nitrogens is 2. The van der Waals surface area contributed by atoms with Gasteiger partial charge in [0.25, 0.3) is 0 Å². The standard InChI is InChI=1S/C17H29N9O5S/c18-10(2-1-3-22-17(19)20)14(28)26-11(4-9-5-21-8-24-9)15(29)23-6-13(27)25-12(7-32)16(30)31/h5,8,10-12,32H,1-4,6-7,18H2,(H,21,24)(H,23,29)(H,25,27)(H,26,28)(H,30,31)(H4,19,20,22). The molecule has 0 radical (unpaired) electrons. The number of rotatable bonds is 14. The molecule has 3 unspecified atom stereocenters. The lowest BCUT2D eigenvalue weighted by Gasteiger charge is -2.20. The number of aliphatic carboxylic acids is 1. The Bertz CT molecular complexity index is 798. The van der Waals surface area contributed by atoms with Crippen molar-refractivity contribution < 1.29 is 24.3 Å². The Morgan fingerprint density at radius 2 is 1.91 bits per heavy atom. The van der Waals surface area contributed by atoms with E-state index < -0.39 is 48.4 Å². The van der Waals surface area contributed by atoms with Crippen LogP contribution in [0, 0.1) is 0 Å². The zero-order chi connectivity index (χ0) is 24.1. The lowest BCUT2D eigenvalue weighted by atomic mass is 10.1. The molecule has 0 fully saturated rings. The molecule has 178 valence electrons. The number of aromatic amines is 1. The second-order valence-corrected chi connectivity index (χ2v) is 7.12. The molecule has 0 spiro atoms. The van der Waals surface area contributed by atoms with Gasteiger partial charge in [-0.2, -0.15) is 12.6 Å². The predicted octanol–water partition coefficient (Wildman–Crippen LogP) is -3.57. The number of carboxylic acid groups (broad SMARTS) is 1. The third-order valence-electron chi connectivity index (χ3n) is 4.16. The highest BCUT2D eigenvalue weighted by Gasteiger charge is 2.25. The number of nitrogens with two attached hydrogens (primary N) is 3. The van der Waals surface area contributed by atoms with Gasteiger partial charge in [-0.15, -0.1) is 0 Å². The summed E-state index contributed by atoms with van der Waals surface area (Å²) < 4.78 is 0. The molecule has 3 atom stereocenters.